The summed E-state index contributed by atoms with van der Waals surface area (Å²) in [5, 5.41) is 11.0. The first-order valence-corrected chi connectivity index (χ1v) is 15.1. The molecule has 0 bridgehead atoms. The van der Waals surface area contributed by atoms with Crippen molar-refractivity contribution in [2.75, 3.05) is 9.80 Å². The summed E-state index contributed by atoms with van der Waals surface area (Å²) in [7, 11) is 0. The molecule has 0 aromatic heterocycles. The molecule has 4 aliphatic rings. The molecule has 0 unspecified atom stereocenters. The molecule has 0 spiro atoms. The van der Waals surface area contributed by atoms with Crippen molar-refractivity contribution in [1.82, 2.24) is 0 Å². The van der Waals surface area contributed by atoms with Crippen molar-refractivity contribution in [3.63, 3.8) is 0 Å². The standard InChI is InChI=1S/C32H24Br2N2O5/c33-16-5-9-18(10-6-16)35-29(38)22-14-13-20-23(27(22)31(35)40)15-24-28(26(20)21-3-1-2-4-25(21)37)32(41)36(30(24)39)19-11-7-17(34)8-12-19/h1-13,22-24,26-28,37H,14-15H2/t22-,23+,24+,26+,27-,28+/m0/s1. The zero-order valence-corrected chi connectivity index (χ0v) is 24.8. The van der Waals surface area contributed by atoms with Gasteiger partial charge in [0.25, 0.3) is 0 Å². The lowest BCUT2D eigenvalue weighted by atomic mass is 9.57. The highest BCUT2D eigenvalue weighted by Crippen LogP contribution is 2.59. The number of amides is 4. The summed E-state index contributed by atoms with van der Waals surface area (Å²) in [5.74, 6) is -4.75. The maximum atomic E-state index is 14.1. The van der Waals surface area contributed by atoms with Crippen LogP contribution in [-0.2, 0) is 19.2 Å². The second-order valence-electron chi connectivity index (χ2n) is 11.1. The smallest absolute Gasteiger partial charge is 0.238 e. The summed E-state index contributed by atoms with van der Waals surface area (Å²) in [4.78, 5) is 58.2. The minimum Gasteiger partial charge on any atom is -0.508 e. The van der Waals surface area contributed by atoms with E-state index >= 15 is 0 Å². The van der Waals surface area contributed by atoms with E-state index in [9.17, 15) is 24.3 Å². The third-order valence-electron chi connectivity index (χ3n) is 9.09. The van der Waals surface area contributed by atoms with E-state index in [0.29, 0.717) is 23.4 Å². The average molecular weight is 676 g/mol. The predicted octanol–water partition coefficient (Wildman–Crippen LogP) is 5.96. The fourth-order valence-electron chi connectivity index (χ4n) is 7.38. The number of fused-ring (bicyclic) bond motifs is 4. The number of para-hydroxylation sites is 1. The van der Waals surface area contributed by atoms with Gasteiger partial charge in [-0.3, -0.25) is 29.0 Å². The number of anilines is 2. The average Bonchev–Trinajstić information content (AvgIpc) is 3.37. The molecule has 0 radical (unpaired) electrons. The van der Waals surface area contributed by atoms with Gasteiger partial charge in [-0.2, -0.15) is 0 Å². The first-order chi connectivity index (χ1) is 19.8. The molecule has 2 heterocycles. The minimum atomic E-state index is -0.728. The van der Waals surface area contributed by atoms with Crippen LogP contribution < -0.4 is 9.80 Å². The summed E-state index contributed by atoms with van der Waals surface area (Å²) < 4.78 is 1.66. The first-order valence-electron chi connectivity index (χ1n) is 13.5. The van der Waals surface area contributed by atoms with E-state index in [1.54, 1.807) is 72.8 Å². The van der Waals surface area contributed by atoms with Gasteiger partial charge < -0.3 is 5.11 Å². The number of halogens is 2. The number of imide groups is 2. The summed E-state index contributed by atoms with van der Waals surface area (Å²) in [6, 6.07) is 20.9. The number of benzene rings is 3. The fourth-order valence-corrected chi connectivity index (χ4v) is 7.91. The number of allylic oxidation sites excluding steroid dienone is 2. The van der Waals surface area contributed by atoms with Crippen LogP contribution in [0.5, 0.6) is 5.75 Å². The van der Waals surface area contributed by atoms with Crippen molar-refractivity contribution in [2.24, 2.45) is 29.6 Å². The van der Waals surface area contributed by atoms with Crippen LogP contribution in [-0.4, -0.2) is 28.7 Å². The molecule has 2 aliphatic carbocycles. The van der Waals surface area contributed by atoms with Crippen LogP contribution in [0.4, 0.5) is 11.4 Å². The highest BCUT2D eigenvalue weighted by atomic mass is 79.9. The third kappa shape index (κ3) is 3.96. The van der Waals surface area contributed by atoms with E-state index in [0.717, 1.165) is 14.5 Å². The van der Waals surface area contributed by atoms with Gasteiger partial charge in [-0.05, 0) is 73.4 Å². The van der Waals surface area contributed by atoms with Gasteiger partial charge in [0.2, 0.25) is 23.6 Å². The van der Waals surface area contributed by atoms with E-state index in [1.165, 1.54) is 9.80 Å². The number of aromatic hydroxyl groups is 1. The number of phenols is 1. The zero-order valence-electron chi connectivity index (χ0n) is 21.6. The molecule has 3 aromatic carbocycles. The van der Waals surface area contributed by atoms with Gasteiger partial charge in [0.1, 0.15) is 5.75 Å². The van der Waals surface area contributed by atoms with Crippen molar-refractivity contribution in [3.05, 3.63) is 99.0 Å². The molecule has 206 valence electrons. The SMILES string of the molecule is O=C1[C@H]2[C@H](CC=C3[C@H]2C[C@H]2C(=O)N(c4ccc(Br)cc4)C(=O)[C@H]2[C@H]3c2ccccc2O)C(=O)N1c1ccc(Br)cc1. The Kier molecular flexibility index (Phi) is 6.28. The lowest BCUT2D eigenvalue weighted by molar-refractivity contribution is -0.126. The highest BCUT2D eigenvalue weighted by molar-refractivity contribution is 9.10. The van der Waals surface area contributed by atoms with Gasteiger partial charge >= 0.3 is 0 Å². The molecular formula is C32H24Br2N2O5. The molecule has 3 fully saturated rings. The van der Waals surface area contributed by atoms with Gasteiger partial charge in [-0.1, -0.05) is 61.7 Å². The van der Waals surface area contributed by atoms with E-state index in [2.05, 4.69) is 31.9 Å². The second-order valence-corrected chi connectivity index (χ2v) is 12.9. The summed E-state index contributed by atoms with van der Waals surface area (Å²) in [6.45, 7) is 0. The molecule has 3 aromatic rings. The van der Waals surface area contributed by atoms with Gasteiger partial charge in [0.05, 0.1) is 35.0 Å². The van der Waals surface area contributed by atoms with E-state index in [1.807, 2.05) is 6.08 Å². The Morgan fingerprint density at radius 1 is 0.634 bits per heavy atom. The van der Waals surface area contributed by atoms with Crippen molar-refractivity contribution in [1.29, 1.82) is 0 Å². The number of hydrogen-bond acceptors (Lipinski definition) is 5. The largest absolute Gasteiger partial charge is 0.508 e. The van der Waals surface area contributed by atoms with Crippen LogP contribution in [0.25, 0.3) is 0 Å². The molecule has 2 aliphatic heterocycles. The lowest BCUT2D eigenvalue weighted by Gasteiger charge is -2.44. The van der Waals surface area contributed by atoms with Crippen molar-refractivity contribution in [3.8, 4) is 5.75 Å². The molecule has 1 N–H and O–H groups in total. The maximum Gasteiger partial charge on any atom is 0.238 e. The highest BCUT2D eigenvalue weighted by Gasteiger charge is 2.62. The summed E-state index contributed by atoms with van der Waals surface area (Å²) in [6.07, 6.45) is 2.62. The normalized spacial score (nSPS) is 28.9. The zero-order chi connectivity index (χ0) is 28.6. The van der Waals surface area contributed by atoms with E-state index in [-0.39, 0.29) is 35.8 Å². The number of carbonyl (C=O) groups excluding carboxylic acids is 4. The van der Waals surface area contributed by atoms with Crippen LogP contribution in [0, 0.1) is 29.6 Å². The van der Waals surface area contributed by atoms with Crippen LogP contribution in [0.15, 0.2) is 93.4 Å². The number of nitrogens with zero attached hydrogens (tertiary/aromatic N) is 2. The summed E-state index contributed by atoms with van der Waals surface area (Å²) in [5.41, 5.74) is 2.40. The molecule has 9 heteroatoms. The fraction of sp³-hybridized carbons (Fsp3) is 0.250. The quantitative estimate of drug-likeness (QED) is 0.273. The van der Waals surface area contributed by atoms with Gasteiger partial charge in [-0.15, -0.1) is 0 Å². The van der Waals surface area contributed by atoms with Gasteiger partial charge in [-0.25, -0.2) is 0 Å². The Morgan fingerprint density at radius 3 is 1.76 bits per heavy atom. The van der Waals surface area contributed by atoms with Crippen LogP contribution in [0.2, 0.25) is 0 Å². The monoisotopic (exact) mass is 674 g/mol. The number of phenolic OH excluding ortho intramolecular Hbond substituents is 1. The second kappa shape index (κ2) is 9.77. The van der Waals surface area contributed by atoms with Crippen molar-refractivity contribution in [2.45, 2.75) is 18.8 Å². The number of carbonyl (C=O) groups is 4. The topological polar surface area (TPSA) is 95.0 Å². The van der Waals surface area contributed by atoms with E-state index < -0.39 is 35.5 Å². The van der Waals surface area contributed by atoms with E-state index in [4.69, 9.17) is 0 Å². The van der Waals surface area contributed by atoms with Gasteiger partial charge in [0.15, 0.2) is 0 Å². The van der Waals surface area contributed by atoms with Crippen molar-refractivity contribution < 1.29 is 24.3 Å². The predicted molar refractivity (Wildman–Crippen MR) is 159 cm³/mol. The Labute approximate surface area is 253 Å². The Balaban J connectivity index is 1.33. The van der Waals surface area contributed by atoms with Crippen molar-refractivity contribution >= 4 is 66.9 Å². The molecule has 2 saturated heterocycles. The first kappa shape index (κ1) is 26.3. The molecule has 4 amide bonds. The molecule has 7 rings (SSSR count). The Morgan fingerprint density at radius 2 is 1.17 bits per heavy atom. The number of hydrogen-bond donors (Lipinski definition) is 1. The molecule has 1 saturated carbocycles. The molecule has 7 nitrogen and oxygen atoms in total. The lowest BCUT2D eigenvalue weighted by Crippen LogP contribution is -2.43. The molecule has 41 heavy (non-hydrogen) atoms. The van der Waals surface area contributed by atoms with Crippen LogP contribution >= 0.6 is 31.9 Å². The third-order valence-corrected chi connectivity index (χ3v) is 10.1. The van der Waals surface area contributed by atoms with Crippen LogP contribution in [0.3, 0.4) is 0 Å². The van der Waals surface area contributed by atoms with Crippen LogP contribution in [0.1, 0.15) is 24.3 Å². The summed E-state index contributed by atoms with van der Waals surface area (Å²) >= 11 is 6.81. The molecular weight excluding hydrogens is 652 g/mol. The number of rotatable bonds is 3. The van der Waals surface area contributed by atoms with Gasteiger partial charge in [0, 0.05) is 20.4 Å². The minimum absolute atomic E-state index is 0.0348. The Bertz CT molecular complexity index is 1650. The molecule has 6 atom stereocenters. The Hall–Kier alpha value is -3.56. The maximum absolute atomic E-state index is 14.1.